The van der Waals surface area contributed by atoms with Crippen LogP contribution in [0.4, 0.5) is 0 Å². The highest BCUT2D eigenvalue weighted by Crippen LogP contribution is 2.69. The second-order valence-corrected chi connectivity index (χ2v) is 10.4. The Morgan fingerprint density at radius 3 is 2.84 bits per heavy atom. The molecule has 4 nitrogen and oxygen atoms in total. The lowest BCUT2D eigenvalue weighted by Crippen LogP contribution is -2.58. The largest absolute Gasteiger partial charge is 0.462 e. The quantitative estimate of drug-likeness (QED) is 0.685. The van der Waals surface area contributed by atoms with Gasteiger partial charge in [0.05, 0.1) is 12.5 Å². The summed E-state index contributed by atoms with van der Waals surface area (Å²) in [6.07, 6.45) is 9.32. The first-order valence-corrected chi connectivity index (χ1v) is 10.6. The van der Waals surface area contributed by atoms with Crippen LogP contribution in [0.25, 0.3) is 0 Å². The maximum absolute atomic E-state index is 11.8. The predicted molar refractivity (Wildman–Crippen MR) is 92.5 cm³/mol. The van der Waals surface area contributed by atoms with Gasteiger partial charge in [-0.3, -0.25) is 10.1 Å². The van der Waals surface area contributed by atoms with Crippen LogP contribution in [-0.2, 0) is 14.3 Å². The first-order chi connectivity index (χ1) is 12.0. The smallest absolute Gasteiger partial charge is 0.306 e. The van der Waals surface area contributed by atoms with E-state index in [1.165, 1.54) is 32.1 Å². The fourth-order valence-corrected chi connectivity index (χ4v) is 8.62. The van der Waals surface area contributed by atoms with E-state index in [1.54, 1.807) is 0 Å². The molecule has 3 aliphatic carbocycles. The summed E-state index contributed by atoms with van der Waals surface area (Å²) in [5.41, 5.74) is 0.672. The third kappa shape index (κ3) is 1.79. The number of carbonyl (C=O) groups excluding carboxylic acids is 1. The molecular formula is C21H31NO3. The number of fused-ring (bicyclic) bond motifs is 10. The van der Waals surface area contributed by atoms with Gasteiger partial charge in [0.1, 0.15) is 12.3 Å². The molecule has 138 valence electrons. The van der Waals surface area contributed by atoms with Crippen molar-refractivity contribution in [3.63, 3.8) is 0 Å². The number of nitrogens with one attached hydrogen (secondary N) is 1. The molecule has 6 aliphatic rings. The Morgan fingerprint density at radius 1 is 1.08 bits per heavy atom. The lowest BCUT2D eigenvalue weighted by molar-refractivity contribution is -0.193. The Hall–Kier alpha value is -0.610. The molecule has 0 amide bonds. The van der Waals surface area contributed by atoms with Gasteiger partial charge in [-0.15, -0.1) is 0 Å². The minimum absolute atomic E-state index is 0.0521. The maximum Gasteiger partial charge on any atom is 0.306 e. The van der Waals surface area contributed by atoms with E-state index in [2.05, 4.69) is 19.2 Å². The zero-order chi connectivity index (χ0) is 17.0. The Morgan fingerprint density at radius 2 is 1.96 bits per heavy atom. The van der Waals surface area contributed by atoms with Crippen molar-refractivity contribution in [2.24, 2.45) is 40.4 Å². The maximum atomic E-state index is 11.8. The van der Waals surface area contributed by atoms with Gasteiger partial charge in [0.25, 0.3) is 0 Å². The predicted octanol–water partition coefficient (Wildman–Crippen LogP) is 3.11. The summed E-state index contributed by atoms with van der Waals surface area (Å²) >= 11 is 0. The van der Waals surface area contributed by atoms with E-state index in [9.17, 15) is 4.79 Å². The molecule has 6 fully saturated rings. The summed E-state index contributed by atoms with van der Waals surface area (Å²) in [7, 11) is 0. The van der Waals surface area contributed by atoms with Crippen molar-refractivity contribution in [1.29, 1.82) is 0 Å². The molecule has 0 spiro atoms. The van der Waals surface area contributed by atoms with Gasteiger partial charge in [0, 0.05) is 17.9 Å². The van der Waals surface area contributed by atoms with E-state index in [-0.39, 0.29) is 12.1 Å². The van der Waals surface area contributed by atoms with Crippen LogP contribution < -0.4 is 5.32 Å². The van der Waals surface area contributed by atoms with Crippen LogP contribution in [0.3, 0.4) is 0 Å². The van der Waals surface area contributed by atoms with Crippen LogP contribution in [0, 0.1) is 40.4 Å². The molecule has 3 saturated heterocycles. The molecule has 2 bridgehead atoms. The number of carbonyl (C=O) groups is 1. The van der Waals surface area contributed by atoms with Gasteiger partial charge in [-0.05, 0) is 67.6 Å². The topological polar surface area (TPSA) is 47.6 Å². The average Bonchev–Trinajstić information content (AvgIpc) is 3.23. The Balaban J connectivity index is 1.35. The Bertz CT molecular complexity index is 622. The summed E-state index contributed by atoms with van der Waals surface area (Å²) < 4.78 is 12.1. The highest BCUT2D eigenvalue weighted by Gasteiger charge is 2.66. The monoisotopic (exact) mass is 345 g/mol. The molecule has 10 unspecified atom stereocenters. The van der Waals surface area contributed by atoms with Crippen molar-refractivity contribution in [3.05, 3.63) is 0 Å². The molecule has 0 radical (unpaired) electrons. The molecule has 1 N–H and O–H groups in total. The summed E-state index contributed by atoms with van der Waals surface area (Å²) in [6.45, 7) is 6.09. The van der Waals surface area contributed by atoms with Crippen molar-refractivity contribution in [3.8, 4) is 0 Å². The minimum Gasteiger partial charge on any atom is -0.462 e. The molecule has 0 aromatic heterocycles. The molecular weight excluding hydrogens is 314 g/mol. The van der Waals surface area contributed by atoms with Crippen LogP contribution in [0.1, 0.15) is 58.8 Å². The standard InChI is InChI=1S/C21H31NO3/c1-20-6-5-13-12(14(20)8-16-15(20)9-19(23)24-16)4-3-11-7-18-22-10-17(25-18)21(11,13)2/h11-18,22H,3-10H2,1-2H3. The van der Waals surface area contributed by atoms with Crippen molar-refractivity contribution >= 4 is 5.97 Å². The molecule has 6 rings (SSSR count). The summed E-state index contributed by atoms with van der Waals surface area (Å²) in [5.74, 6) is 3.72. The van der Waals surface area contributed by atoms with Crippen LogP contribution in [0.15, 0.2) is 0 Å². The van der Waals surface area contributed by atoms with Crippen molar-refractivity contribution < 1.29 is 14.3 Å². The summed E-state index contributed by atoms with van der Waals surface area (Å²) in [4.78, 5) is 11.8. The van der Waals surface area contributed by atoms with E-state index >= 15 is 0 Å². The lowest BCUT2D eigenvalue weighted by Gasteiger charge is -2.61. The van der Waals surface area contributed by atoms with Gasteiger partial charge >= 0.3 is 5.97 Å². The first-order valence-electron chi connectivity index (χ1n) is 10.6. The third-order valence-corrected chi connectivity index (χ3v) is 9.91. The zero-order valence-electron chi connectivity index (χ0n) is 15.5. The fourth-order valence-electron chi connectivity index (χ4n) is 8.62. The lowest BCUT2D eigenvalue weighted by atomic mass is 9.45. The third-order valence-electron chi connectivity index (χ3n) is 9.91. The van der Waals surface area contributed by atoms with Crippen LogP contribution in [0.5, 0.6) is 0 Å². The molecule has 0 aromatic rings. The first kappa shape index (κ1) is 15.4. The van der Waals surface area contributed by atoms with Gasteiger partial charge in [0.2, 0.25) is 0 Å². The molecule has 10 atom stereocenters. The van der Waals surface area contributed by atoms with Crippen molar-refractivity contribution in [1.82, 2.24) is 5.32 Å². The Labute approximate surface area is 150 Å². The second kappa shape index (κ2) is 4.81. The minimum atomic E-state index is 0.0521. The normalized spacial score (nSPS) is 61.9. The molecule has 3 saturated carbocycles. The molecule has 4 heteroatoms. The van der Waals surface area contributed by atoms with Crippen LogP contribution in [0.2, 0.25) is 0 Å². The van der Waals surface area contributed by atoms with E-state index in [4.69, 9.17) is 9.47 Å². The van der Waals surface area contributed by atoms with Gasteiger partial charge in [0.15, 0.2) is 0 Å². The summed E-state index contributed by atoms with van der Waals surface area (Å²) in [6, 6.07) is 0. The van der Waals surface area contributed by atoms with Gasteiger partial charge in [-0.25, -0.2) is 0 Å². The number of esters is 1. The van der Waals surface area contributed by atoms with Crippen LogP contribution in [-0.4, -0.2) is 30.9 Å². The highest BCUT2D eigenvalue weighted by molar-refractivity contribution is 5.72. The van der Waals surface area contributed by atoms with Gasteiger partial charge < -0.3 is 9.47 Å². The number of hydrogen-bond donors (Lipinski definition) is 1. The molecule has 3 heterocycles. The van der Waals surface area contributed by atoms with E-state index in [0.29, 0.717) is 35.5 Å². The summed E-state index contributed by atoms with van der Waals surface area (Å²) in [5, 5.41) is 3.61. The average molecular weight is 345 g/mol. The zero-order valence-corrected chi connectivity index (χ0v) is 15.5. The van der Waals surface area contributed by atoms with Crippen molar-refractivity contribution in [2.75, 3.05) is 6.54 Å². The van der Waals surface area contributed by atoms with E-state index < -0.39 is 0 Å². The van der Waals surface area contributed by atoms with E-state index in [0.717, 1.165) is 36.6 Å². The SMILES string of the molecule is CC12CCC3C(CCC4CC5NCC(O5)C43C)C1CC1OC(=O)CC12. The number of rotatable bonds is 0. The van der Waals surface area contributed by atoms with Crippen LogP contribution >= 0.6 is 0 Å². The molecule has 3 aliphatic heterocycles. The highest BCUT2D eigenvalue weighted by atomic mass is 16.6. The van der Waals surface area contributed by atoms with E-state index in [1.807, 2.05) is 0 Å². The molecule has 25 heavy (non-hydrogen) atoms. The fraction of sp³-hybridized carbons (Fsp3) is 0.952. The van der Waals surface area contributed by atoms with Gasteiger partial charge in [-0.1, -0.05) is 13.8 Å². The Kier molecular flexibility index (Phi) is 2.97. The molecule has 0 aromatic carbocycles. The van der Waals surface area contributed by atoms with Crippen molar-refractivity contribution in [2.45, 2.75) is 77.2 Å². The van der Waals surface area contributed by atoms with Gasteiger partial charge in [-0.2, -0.15) is 0 Å². The number of hydrogen-bond acceptors (Lipinski definition) is 4. The number of ether oxygens (including phenoxy) is 2. The second-order valence-electron chi connectivity index (χ2n) is 10.4.